The van der Waals surface area contributed by atoms with Crippen LogP contribution in [0.2, 0.25) is 0 Å². The molecule has 3 rings (SSSR count). The first-order valence-electron chi connectivity index (χ1n) is 9.10. The van der Waals surface area contributed by atoms with E-state index in [0.29, 0.717) is 17.7 Å². The number of nitrogens with zero attached hydrogens (tertiary/aromatic N) is 3. The number of amides is 3. The molecule has 0 saturated carbocycles. The van der Waals surface area contributed by atoms with E-state index >= 15 is 0 Å². The summed E-state index contributed by atoms with van der Waals surface area (Å²) in [4.78, 5) is 41.9. The zero-order valence-electron chi connectivity index (χ0n) is 16.5. The van der Waals surface area contributed by atoms with Crippen LogP contribution in [0.5, 0.6) is 0 Å². The van der Waals surface area contributed by atoms with Gasteiger partial charge >= 0.3 is 17.5 Å². The number of hydrogen-bond acceptors (Lipinski definition) is 7. The molecule has 1 aromatic heterocycles. The first-order chi connectivity index (χ1) is 15.0. The molecule has 13 heteroatoms. The lowest BCUT2D eigenvalue weighted by Crippen LogP contribution is -2.33. The van der Waals surface area contributed by atoms with Gasteiger partial charge in [-0.15, -0.1) is 0 Å². The molecule has 0 bridgehead atoms. The highest BCUT2D eigenvalue weighted by Gasteiger charge is 2.47. The molecular formula is C19H16F3N3O6S. The van der Waals surface area contributed by atoms with Crippen molar-refractivity contribution in [2.45, 2.75) is 23.9 Å². The number of pyridine rings is 1. The van der Waals surface area contributed by atoms with Crippen LogP contribution in [0.3, 0.4) is 0 Å². The van der Waals surface area contributed by atoms with Gasteiger partial charge in [-0.3, -0.25) is 9.78 Å². The number of carbonyl (C=O) groups excluding carboxylic acids is 3. The number of halogens is 3. The normalized spacial score (nSPS) is 14.8. The standard InChI is InChI=1S/C19H16F3N3O6S/c1-2-31-17(27)15-9-23-8-7-12(15)10-24-11-16(26)25(18(24)28)13-3-5-14(6-4-13)32(29,30)19(20,21)22/h3-9H,2,10-11H2,1H3. The molecule has 3 amide bonds. The quantitative estimate of drug-likeness (QED) is 0.470. The van der Waals surface area contributed by atoms with Gasteiger partial charge in [0.2, 0.25) is 0 Å². The van der Waals surface area contributed by atoms with Gasteiger partial charge < -0.3 is 9.64 Å². The molecule has 1 fully saturated rings. The number of alkyl halides is 3. The van der Waals surface area contributed by atoms with Crippen molar-refractivity contribution >= 4 is 33.4 Å². The molecule has 0 spiro atoms. The molecule has 1 aliphatic heterocycles. The molecule has 1 aromatic carbocycles. The van der Waals surface area contributed by atoms with Crippen LogP contribution >= 0.6 is 0 Å². The van der Waals surface area contributed by atoms with Crippen molar-refractivity contribution in [3.63, 3.8) is 0 Å². The number of rotatable bonds is 6. The van der Waals surface area contributed by atoms with Crippen molar-refractivity contribution in [1.29, 1.82) is 0 Å². The number of ether oxygens (including phenoxy) is 1. The Morgan fingerprint density at radius 2 is 1.81 bits per heavy atom. The van der Waals surface area contributed by atoms with E-state index in [9.17, 15) is 36.0 Å². The van der Waals surface area contributed by atoms with Gasteiger partial charge in [0.25, 0.3) is 15.7 Å². The second-order valence-electron chi connectivity index (χ2n) is 6.56. The number of imide groups is 1. The molecule has 0 unspecified atom stereocenters. The third-order valence-electron chi connectivity index (χ3n) is 4.52. The summed E-state index contributed by atoms with van der Waals surface area (Å²) in [5, 5.41) is 0. The lowest BCUT2D eigenvalue weighted by molar-refractivity contribution is -0.116. The topological polar surface area (TPSA) is 114 Å². The SMILES string of the molecule is CCOC(=O)c1cnccc1CN1CC(=O)N(c2ccc(S(=O)(=O)C(F)(F)F)cc2)C1=O. The third-order valence-corrected chi connectivity index (χ3v) is 6.02. The maximum atomic E-state index is 12.8. The highest BCUT2D eigenvalue weighted by atomic mass is 32.2. The van der Waals surface area contributed by atoms with Crippen molar-refractivity contribution in [2.24, 2.45) is 0 Å². The average molecular weight is 471 g/mol. The first kappa shape index (κ1) is 23.2. The molecule has 2 heterocycles. The maximum Gasteiger partial charge on any atom is 0.501 e. The van der Waals surface area contributed by atoms with Crippen LogP contribution in [0.15, 0.2) is 47.6 Å². The van der Waals surface area contributed by atoms with Gasteiger partial charge in [-0.05, 0) is 42.8 Å². The van der Waals surface area contributed by atoms with Crippen LogP contribution in [0.25, 0.3) is 0 Å². The summed E-state index contributed by atoms with van der Waals surface area (Å²) in [5.41, 5.74) is -5.07. The Hall–Kier alpha value is -3.48. The molecule has 9 nitrogen and oxygen atoms in total. The number of urea groups is 1. The zero-order chi connectivity index (χ0) is 23.7. The lowest BCUT2D eigenvalue weighted by atomic mass is 10.1. The zero-order valence-corrected chi connectivity index (χ0v) is 17.3. The van der Waals surface area contributed by atoms with Gasteiger partial charge in [-0.1, -0.05) is 0 Å². The van der Waals surface area contributed by atoms with Gasteiger partial charge in [-0.2, -0.15) is 13.2 Å². The minimum Gasteiger partial charge on any atom is -0.462 e. The maximum absolute atomic E-state index is 12.8. The van der Waals surface area contributed by atoms with Gasteiger partial charge in [-0.25, -0.2) is 22.9 Å². The van der Waals surface area contributed by atoms with Gasteiger partial charge in [0.05, 0.1) is 22.8 Å². The minimum atomic E-state index is -5.56. The monoisotopic (exact) mass is 471 g/mol. The smallest absolute Gasteiger partial charge is 0.462 e. The largest absolute Gasteiger partial charge is 0.501 e. The fourth-order valence-corrected chi connectivity index (χ4v) is 3.76. The van der Waals surface area contributed by atoms with Crippen LogP contribution in [0, 0.1) is 0 Å². The van der Waals surface area contributed by atoms with E-state index in [4.69, 9.17) is 4.74 Å². The van der Waals surface area contributed by atoms with Crippen LogP contribution in [-0.2, 0) is 25.9 Å². The molecule has 0 aliphatic carbocycles. The second kappa shape index (κ2) is 8.57. The molecule has 0 radical (unpaired) electrons. The summed E-state index contributed by atoms with van der Waals surface area (Å²) in [7, 11) is -5.56. The van der Waals surface area contributed by atoms with E-state index in [1.807, 2.05) is 0 Å². The van der Waals surface area contributed by atoms with Crippen molar-refractivity contribution in [2.75, 3.05) is 18.1 Å². The summed E-state index contributed by atoms with van der Waals surface area (Å²) in [6.07, 6.45) is 2.67. The fourth-order valence-electron chi connectivity index (χ4n) is 3.00. The predicted octanol–water partition coefficient (Wildman–Crippen LogP) is 2.52. The van der Waals surface area contributed by atoms with Crippen molar-refractivity contribution in [3.8, 4) is 0 Å². The van der Waals surface area contributed by atoms with Crippen molar-refractivity contribution in [3.05, 3.63) is 53.9 Å². The molecule has 1 aliphatic rings. The number of carbonyl (C=O) groups is 3. The number of sulfone groups is 1. The Morgan fingerprint density at radius 3 is 2.41 bits per heavy atom. The van der Waals surface area contributed by atoms with E-state index in [0.717, 1.165) is 21.9 Å². The lowest BCUT2D eigenvalue weighted by Gasteiger charge is -2.18. The summed E-state index contributed by atoms with van der Waals surface area (Å²) in [5.74, 6) is -1.32. The molecular weight excluding hydrogens is 455 g/mol. The predicted molar refractivity (Wildman–Crippen MR) is 103 cm³/mol. The van der Waals surface area contributed by atoms with Crippen LogP contribution in [0.1, 0.15) is 22.8 Å². The van der Waals surface area contributed by atoms with Crippen LogP contribution < -0.4 is 4.90 Å². The molecule has 2 aromatic rings. The van der Waals surface area contributed by atoms with Crippen LogP contribution in [-0.4, -0.2) is 54.9 Å². The Kier molecular flexibility index (Phi) is 6.21. The molecule has 32 heavy (non-hydrogen) atoms. The van der Waals surface area contributed by atoms with Gasteiger partial charge in [0, 0.05) is 18.9 Å². The Morgan fingerprint density at radius 1 is 1.16 bits per heavy atom. The summed E-state index contributed by atoms with van der Waals surface area (Å²) < 4.78 is 66.0. The molecule has 170 valence electrons. The molecule has 1 saturated heterocycles. The summed E-state index contributed by atoms with van der Waals surface area (Å²) >= 11 is 0. The fraction of sp³-hybridized carbons (Fsp3) is 0.263. The highest BCUT2D eigenvalue weighted by Crippen LogP contribution is 2.32. The van der Waals surface area contributed by atoms with E-state index < -0.39 is 38.1 Å². The van der Waals surface area contributed by atoms with E-state index in [-0.39, 0.29) is 30.9 Å². The number of esters is 1. The molecule has 0 N–H and O–H groups in total. The average Bonchev–Trinajstić information content (AvgIpc) is 3.01. The Bertz CT molecular complexity index is 1170. The number of benzene rings is 1. The van der Waals surface area contributed by atoms with E-state index in [2.05, 4.69) is 4.98 Å². The van der Waals surface area contributed by atoms with E-state index in [1.165, 1.54) is 18.5 Å². The Balaban J connectivity index is 1.83. The third kappa shape index (κ3) is 4.28. The highest BCUT2D eigenvalue weighted by molar-refractivity contribution is 7.92. The summed E-state index contributed by atoms with van der Waals surface area (Å²) in [6, 6.07) is 3.92. The number of anilines is 1. The number of hydrogen-bond donors (Lipinski definition) is 0. The Labute approximate surface area is 180 Å². The second-order valence-corrected chi connectivity index (χ2v) is 8.51. The van der Waals surface area contributed by atoms with Gasteiger partial charge in [0.1, 0.15) is 6.54 Å². The van der Waals surface area contributed by atoms with Crippen molar-refractivity contribution < 1.29 is 40.7 Å². The van der Waals surface area contributed by atoms with Gasteiger partial charge in [0.15, 0.2) is 0 Å². The van der Waals surface area contributed by atoms with Crippen LogP contribution in [0.4, 0.5) is 23.7 Å². The minimum absolute atomic E-state index is 0.0935. The molecule has 0 atom stereocenters. The first-order valence-corrected chi connectivity index (χ1v) is 10.6. The number of aromatic nitrogens is 1. The van der Waals surface area contributed by atoms with Crippen molar-refractivity contribution in [1.82, 2.24) is 9.88 Å². The summed E-state index contributed by atoms with van der Waals surface area (Å²) in [6.45, 7) is 1.27. The van der Waals surface area contributed by atoms with E-state index in [1.54, 1.807) is 6.92 Å².